The molecular formula is C24H32N2O2. The zero-order chi connectivity index (χ0) is 19.9. The van der Waals surface area contributed by atoms with Gasteiger partial charge < -0.3 is 15.0 Å². The van der Waals surface area contributed by atoms with Crippen molar-refractivity contribution in [1.29, 1.82) is 0 Å². The largest absolute Gasteiger partial charge is 0.497 e. The van der Waals surface area contributed by atoms with Gasteiger partial charge in [-0.1, -0.05) is 42.0 Å². The van der Waals surface area contributed by atoms with E-state index in [-0.39, 0.29) is 11.9 Å². The normalized spacial score (nSPS) is 19.5. The first-order valence-corrected chi connectivity index (χ1v) is 10.3. The molecule has 2 atom stereocenters. The van der Waals surface area contributed by atoms with Gasteiger partial charge in [-0.15, -0.1) is 0 Å². The predicted octanol–water partition coefficient (Wildman–Crippen LogP) is 3.76. The van der Waals surface area contributed by atoms with Crippen LogP contribution in [-0.2, 0) is 17.6 Å². The molecule has 3 rings (SSSR count). The second kappa shape index (κ2) is 9.74. The van der Waals surface area contributed by atoms with Crippen molar-refractivity contribution in [1.82, 2.24) is 10.2 Å². The van der Waals surface area contributed by atoms with Crippen LogP contribution in [-0.4, -0.2) is 43.1 Å². The maximum atomic E-state index is 12.2. The highest BCUT2D eigenvalue weighted by Gasteiger charge is 2.32. The van der Waals surface area contributed by atoms with Crippen LogP contribution in [0.2, 0.25) is 0 Å². The first kappa shape index (κ1) is 20.4. The van der Waals surface area contributed by atoms with Crippen molar-refractivity contribution in [2.45, 2.75) is 51.6 Å². The van der Waals surface area contributed by atoms with Crippen LogP contribution in [0.1, 0.15) is 36.5 Å². The lowest BCUT2D eigenvalue weighted by Gasteiger charge is -2.41. The van der Waals surface area contributed by atoms with Gasteiger partial charge in [-0.3, -0.25) is 4.79 Å². The van der Waals surface area contributed by atoms with Gasteiger partial charge in [0, 0.05) is 19.5 Å². The second-order valence-electron chi connectivity index (χ2n) is 7.77. The Hall–Kier alpha value is -2.33. The molecule has 1 aliphatic heterocycles. The van der Waals surface area contributed by atoms with Crippen LogP contribution in [0.3, 0.4) is 0 Å². The van der Waals surface area contributed by atoms with Gasteiger partial charge in [0.05, 0.1) is 13.2 Å². The number of rotatable bonds is 7. The van der Waals surface area contributed by atoms with E-state index in [1.807, 2.05) is 12.1 Å². The second-order valence-corrected chi connectivity index (χ2v) is 7.77. The van der Waals surface area contributed by atoms with Crippen molar-refractivity contribution in [2.24, 2.45) is 0 Å². The van der Waals surface area contributed by atoms with Crippen LogP contribution in [0.15, 0.2) is 48.5 Å². The molecule has 1 saturated heterocycles. The van der Waals surface area contributed by atoms with Gasteiger partial charge in [-0.2, -0.15) is 0 Å². The number of methoxy groups -OCH3 is 1. The van der Waals surface area contributed by atoms with Gasteiger partial charge in [-0.05, 0) is 62.4 Å². The Morgan fingerprint density at radius 3 is 2.68 bits per heavy atom. The number of hydrogen-bond acceptors (Lipinski definition) is 3. The van der Waals surface area contributed by atoms with Gasteiger partial charge in [-0.25, -0.2) is 0 Å². The monoisotopic (exact) mass is 380 g/mol. The molecule has 4 heteroatoms. The lowest BCUT2D eigenvalue weighted by atomic mass is 9.90. The standard InChI is InChI=1S/C24H32N2O2/c1-18-9-11-21(12-10-18)17-24-23(8-5-15-26(24)19(2)27)25-14-13-20-6-4-7-22(16-20)28-3/h4,6-7,9-12,16,23-25H,5,8,13-15,17H2,1-3H3/t23-,24-/m0/s1. The van der Waals surface area contributed by atoms with E-state index in [2.05, 4.69) is 53.5 Å². The molecule has 28 heavy (non-hydrogen) atoms. The number of likely N-dealkylation sites (tertiary alicyclic amines) is 1. The molecule has 0 radical (unpaired) electrons. The summed E-state index contributed by atoms with van der Waals surface area (Å²) in [4.78, 5) is 14.3. The van der Waals surface area contributed by atoms with Crippen molar-refractivity contribution in [3.05, 3.63) is 65.2 Å². The molecule has 4 nitrogen and oxygen atoms in total. The fourth-order valence-electron chi connectivity index (χ4n) is 4.13. The van der Waals surface area contributed by atoms with E-state index in [1.165, 1.54) is 16.7 Å². The molecule has 1 amide bonds. The minimum Gasteiger partial charge on any atom is -0.497 e. The maximum Gasteiger partial charge on any atom is 0.219 e. The number of hydrogen-bond donors (Lipinski definition) is 1. The summed E-state index contributed by atoms with van der Waals surface area (Å²) in [6, 6.07) is 17.5. The topological polar surface area (TPSA) is 41.6 Å². The SMILES string of the molecule is COc1cccc(CCN[C@H]2CCCN(C(C)=O)[C@H]2Cc2ccc(C)cc2)c1. The summed E-state index contributed by atoms with van der Waals surface area (Å²) in [5.41, 5.74) is 3.83. The Labute approximate surface area is 168 Å². The predicted molar refractivity (Wildman–Crippen MR) is 114 cm³/mol. The summed E-state index contributed by atoms with van der Waals surface area (Å²) in [6.07, 6.45) is 4.01. The number of ether oxygens (including phenoxy) is 1. The Balaban J connectivity index is 1.65. The molecule has 2 aromatic carbocycles. The Morgan fingerprint density at radius 1 is 1.18 bits per heavy atom. The van der Waals surface area contributed by atoms with E-state index in [0.717, 1.165) is 44.5 Å². The molecule has 1 N–H and O–H groups in total. The number of amides is 1. The van der Waals surface area contributed by atoms with Crippen LogP contribution >= 0.6 is 0 Å². The number of aryl methyl sites for hydroxylation is 1. The third-order valence-corrected chi connectivity index (χ3v) is 5.70. The maximum absolute atomic E-state index is 12.2. The summed E-state index contributed by atoms with van der Waals surface area (Å²) in [6.45, 7) is 5.56. The molecule has 0 spiro atoms. The Kier molecular flexibility index (Phi) is 7.10. The van der Waals surface area contributed by atoms with Crippen LogP contribution in [0.25, 0.3) is 0 Å². The van der Waals surface area contributed by atoms with E-state index < -0.39 is 0 Å². The number of piperidine rings is 1. The lowest BCUT2D eigenvalue weighted by Crippen LogP contribution is -2.56. The summed E-state index contributed by atoms with van der Waals surface area (Å²) < 4.78 is 5.32. The van der Waals surface area contributed by atoms with Gasteiger partial charge in [0.1, 0.15) is 5.75 Å². The Bertz CT molecular complexity index is 772. The number of nitrogens with zero attached hydrogens (tertiary/aromatic N) is 1. The van der Waals surface area contributed by atoms with Crippen molar-refractivity contribution in [2.75, 3.05) is 20.2 Å². The average Bonchev–Trinajstić information content (AvgIpc) is 2.70. The molecular weight excluding hydrogens is 348 g/mol. The van der Waals surface area contributed by atoms with Gasteiger partial charge >= 0.3 is 0 Å². The van der Waals surface area contributed by atoms with E-state index in [1.54, 1.807) is 14.0 Å². The number of carbonyl (C=O) groups is 1. The fourth-order valence-corrected chi connectivity index (χ4v) is 4.13. The molecule has 0 aromatic heterocycles. The minimum atomic E-state index is 0.177. The van der Waals surface area contributed by atoms with Gasteiger partial charge in [0.15, 0.2) is 0 Å². The molecule has 1 aliphatic rings. The highest BCUT2D eigenvalue weighted by Crippen LogP contribution is 2.22. The number of benzene rings is 2. The lowest BCUT2D eigenvalue weighted by molar-refractivity contribution is -0.133. The fraction of sp³-hybridized carbons (Fsp3) is 0.458. The van der Waals surface area contributed by atoms with Crippen LogP contribution < -0.4 is 10.1 Å². The summed E-state index contributed by atoms with van der Waals surface area (Å²) in [5, 5.41) is 3.74. The van der Waals surface area contributed by atoms with Crippen molar-refractivity contribution >= 4 is 5.91 Å². The third kappa shape index (κ3) is 5.35. The average molecular weight is 381 g/mol. The summed E-state index contributed by atoms with van der Waals surface area (Å²) in [7, 11) is 1.70. The zero-order valence-corrected chi connectivity index (χ0v) is 17.3. The highest BCUT2D eigenvalue weighted by molar-refractivity contribution is 5.73. The molecule has 1 heterocycles. The highest BCUT2D eigenvalue weighted by atomic mass is 16.5. The van der Waals surface area contributed by atoms with Gasteiger partial charge in [0.2, 0.25) is 5.91 Å². The molecule has 0 aliphatic carbocycles. The third-order valence-electron chi connectivity index (χ3n) is 5.70. The molecule has 0 unspecified atom stereocenters. The first-order valence-electron chi connectivity index (χ1n) is 10.3. The van der Waals surface area contributed by atoms with Crippen molar-refractivity contribution in [3.8, 4) is 5.75 Å². The molecule has 0 saturated carbocycles. The summed E-state index contributed by atoms with van der Waals surface area (Å²) >= 11 is 0. The van der Waals surface area contributed by atoms with E-state index in [9.17, 15) is 4.79 Å². The van der Waals surface area contributed by atoms with E-state index >= 15 is 0 Å². The molecule has 150 valence electrons. The quantitative estimate of drug-likeness (QED) is 0.795. The summed E-state index contributed by atoms with van der Waals surface area (Å²) in [5.74, 6) is 1.08. The molecule has 1 fully saturated rings. The van der Waals surface area contributed by atoms with Crippen molar-refractivity contribution in [3.63, 3.8) is 0 Å². The van der Waals surface area contributed by atoms with Crippen LogP contribution in [0, 0.1) is 6.92 Å². The number of nitrogens with one attached hydrogen (secondary N) is 1. The number of carbonyl (C=O) groups excluding carboxylic acids is 1. The molecule has 0 bridgehead atoms. The first-order chi connectivity index (χ1) is 13.6. The zero-order valence-electron chi connectivity index (χ0n) is 17.3. The van der Waals surface area contributed by atoms with Gasteiger partial charge in [0.25, 0.3) is 0 Å². The molecule has 2 aromatic rings. The van der Waals surface area contributed by atoms with E-state index in [4.69, 9.17) is 4.74 Å². The van der Waals surface area contributed by atoms with Crippen molar-refractivity contribution < 1.29 is 9.53 Å². The smallest absolute Gasteiger partial charge is 0.219 e. The minimum absolute atomic E-state index is 0.177. The van der Waals surface area contributed by atoms with Crippen LogP contribution in [0.4, 0.5) is 0 Å². The van der Waals surface area contributed by atoms with E-state index in [0.29, 0.717) is 6.04 Å². The van der Waals surface area contributed by atoms with Crippen LogP contribution in [0.5, 0.6) is 5.75 Å². The Morgan fingerprint density at radius 2 is 1.96 bits per heavy atom.